The van der Waals surface area contributed by atoms with Gasteiger partial charge in [-0.3, -0.25) is 0 Å². The minimum atomic E-state index is -3.23. The van der Waals surface area contributed by atoms with Crippen LogP contribution in [-0.2, 0) is 22.7 Å². The van der Waals surface area contributed by atoms with Crippen LogP contribution in [0.25, 0.3) is 11.5 Å². The van der Waals surface area contributed by atoms with E-state index in [0.717, 1.165) is 11.1 Å². The van der Waals surface area contributed by atoms with E-state index in [1.807, 2.05) is 43.3 Å². The molecule has 1 aliphatic rings. The average Bonchev–Trinajstić information content (AvgIpc) is 3.37. The van der Waals surface area contributed by atoms with Gasteiger partial charge in [0.25, 0.3) is 5.89 Å². The van der Waals surface area contributed by atoms with Gasteiger partial charge in [0.2, 0.25) is 5.95 Å². The Balaban J connectivity index is 1.49. The van der Waals surface area contributed by atoms with Crippen LogP contribution < -0.4 is 10.6 Å². The number of aryl methyl sites for hydroxylation is 2. The first kappa shape index (κ1) is 23.9. The zero-order chi connectivity index (χ0) is 25.1. The predicted octanol–water partition coefficient (Wildman–Crippen LogP) is 3.70. The summed E-state index contributed by atoms with van der Waals surface area (Å²) in [4.78, 5) is 13.9. The van der Waals surface area contributed by atoms with E-state index in [9.17, 15) is 13.5 Å². The Kier molecular flexibility index (Phi) is 6.66. The molecule has 0 saturated heterocycles. The molecule has 3 N–H and O–H groups in total. The highest BCUT2D eigenvalue weighted by atomic mass is 32.2. The molecule has 3 heterocycles. The molecular weight excluding hydrogens is 480 g/mol. The van der Waals surface area contributed by atoms with Gasteiger partial charge in [-0.2, -0.15) is 9.97 Å². The van der Waals surface area contributed by atoms with E-state index < -0.39 is 15.9 Å². The van der Waals surface area contributed by atoms with Crippen LogP contribution in [0.2, 0.25) is 0 Å². The van der Waals surface area contributed by atoms with Gasteiger partial charge in [0.05, 0.1) is 23.3 Å². The SMILES string of the molecule is CCc1noc(-c2cnc(Nc3ccc4c(c3)CCCS4(=O)=O)nc2N[C@H](CO)c2ccccc2)n1. The van der Waals surface area contributed by atoms with Crippen molar-refractivity contribution in [1.82, 2.24) is 20.1 Å². The first-order chi connectivity index (χ1) is 17.5. The van der Waals surface area contributed by atoms with Crippen molar-refractivity contribution in [3.05, 3.63) is 71.7 Å². The molecule has 0 radical (unpaired) electrons. The minimum Gasteiger partial charge on any atom is -0.394 e. The summed E-state index contributed by atoms with van der Waals surface area (Å²) in [6.45, 7) is 1.76. The van der Waals surface area contributed by atoms with E-state index in [1.165, 1.54) is 0 Å². The number of nitrogens with one attached hydrogen (secondary N) is 2. The van der Waals surface area contributed by atoms with Crippen molar-refractivity contribution in [1.29, 1.82) is 0 Å². The Morgan fingerprint density at radius 3 is 2.72 bits per heavy atom. The molecule has 10 nitrogen and oxygen atoms in total. The van der Waals surface area contributed by atoms with Gasteiger partial charge in [-0.25, -0.2) is 13.4 Å². The van der Waals surface area contributed by atoms with Crippen LogP contribution in [0.3, 0.4) is 0 Å². The zero-order valence-corrected chi connectivity index (χ0v) is 20.5. The Morgan fingerprint density at radius 2 is 1.97 bits per heavy atom. The molecule has 11 heteroatoms. The van der Waals surface area contributed by atoms with Crippen molar-refractivity contribution in [3.63, 3.8) is 0 Å². The number of sulfone groups is 1. The van der Waals surface area contributed by atoms with E-state index in [0.29, 0.717) is 53.0 Å². The third-order valence-electron chi connectivity index (χ3n) is 6.01. The molecule has 1 atom stereocenters. The van der Waals surface area contributed by atoms with Crippen molar-refractivity contribution in [3.8, 4) is 11.5 Å². The molecule has 2 aromatic heterocycles. The molecule has 36 heavy (non-hydrogen) atoms. The highest BCUT2D eigenvalue weighted by Gasteiger charge is 2.24. The second-order valence-corrected chi connectivity index (χ2v) is 10.6. The lowest BCUT2D eigenvalue weighted by Crippen LogP contribution is -2.17. The first-order valence-electron chi connectivity index (χ1n) is 11.7. The van der Waals surface area contributed by atoms with Gasteiger partial charge in [0, 0.05) is 18.3 Å². The largest absolute Gasteiger partial charge is 0.394 e. The van der Waals surface area contributed by atoms with Crippen LogP contribution in [0.1, 0.15) is 36.3 Å². The fourth-order valence-electron chi connectivity index (χ4n) is 4.15. The summed E-state index contributed by atoms with van der Waals surface area (Å²) in [5.74, 6) is 1.70. The van der Waals surface area contributed by atoms with Gasteiger partial charge >= 0.3 is 0 Å². The third-order valence-corrected chi connectivity index (χ3v) is 7.90. The highest BCUT2D eigenvalue weighted by molar-refractivity contribution is 7.91. The molecule has 0 unspecified atom stereocenters. The molecule has 0 fully saturated rings. The van der Waals surface area contributed by atoms with E-state index in [2.05, 4.69) is 30.7 Å². The molecule has 4 aromatic rings. The summed E-state index contributed by atoms with van der Waals surface area (Å²) in [5.41, 5.74) is 2.84. The summed E-state index contributed by atoms with van der Waals surface area (Å²) in [6, 6.07) is 14.3. The lowest BCUT2D eigenvalue weighted by molar-refractivity contribution is 0.276. The maximum atomic E-state index is 12.3. The van der Waals surface area contributed by atoms with Gasteiger partial charge in [0.15, 0.2) is 15.7 Å². The Labute approximate surface area is 208 Å². The molecule has 5 rings (SSSR count). The van der Waals surface area contributed by atoms with Crippen LogP contribution in [-0.4, -0.2) is 46.0 Å². The topological polar surface area (TPSA) is 143 Å². The van der Waals surface area contributed by atoms with Crippen LogP contribution in [0.4, 0.5) is 17.5 Å². The number of anilines is 3. The Hall–Kier alpha value is -3.83. The van der Waals surface area contributed by atoms with Crippen LogP contribution in [0.5, 0.6) is 0 Å². The zero-order valence-electron chi connectivity index (χ0n) is 19.7. The molecular formula is C25H26N6O4S. The monoisotopic (exact) mass is 506 g/mol. The van der Waals surface area contributed by atoms with E-state index in [1.54, 1.807) is 18.3 Å². The summed E-state index contributed by atoms with van der Waals surface area (Å²) < 4.78 is 30.1. The van der Waals surface area contributed by atoms with Crippen molar-refractivity contribution in [2.45, 2.75) is 37.1 Å². The molecule has 0 spiro atoms. The minimum absolute atomic E-state index is 0.167. The second kappa shape index (κ2) is 10.0. The quantitative estimate of drug-likeness (QED) is 0.324. The smallest absolute Gasteiger partial charge is 0.263 e. The van der Waals surface area contributed by atoms with Gasteiger partial charge in [-0.05, 0) is 42.2 Å². The van der Waals surface area contributed by atoms with Crippen LogP contribution >= 0.6 is 0 Å². The van der Waals surface area contributed by atoms with Crippen LogP contribution in [0, 0.1) is 0 Å². The number of benzene rings is 2. The molecule has 0 amide bonds. The third kappa shape index (κ3) is 4.93. The van der Waals surface area contributed by atoms with E-state index >= 15 is 0 Å². The average molecular weight is 507 g/mol. The number of aliphatic hydroxyl groups is 1. The van der Waals surface area contributed by atoms with Gasteiger partial charge in [-0.1, -0.05) is 42.4 Å². The number of hydrogen-bond donors (Lipinski definition) is 3. The fraction of sp³-hybridized carbons (Fsp3) is 0.280. The molecule has 0 bridgehead atoms. The lowest BCUT2D eigenvalue weighted by Gasteiger charge is -2.20. The number of rotatable bonds is 8. The molecule has 0 saturated carbocycles. The van der Waals surface area contributed by atoms with E-state index in [4.69, 9.17) is 4.52 Å². The second-order valence-electron chi connectivity index (χ2n) is 8.49. The molecule has 1 aliphatic heterocycles. The number of hydrogen-bond acceptors (Lipinski definition) is 10. The molecule has 186 valence electrons. The first-order valence-corrected chi connectivity index (χ1v) is 13.4. The van der Waals surface area contributed by atoms with Gasteiger partial charge in [-0.15, -0.1) is 0 Å². The molecule has 2 aromatic carbocycles. The number of aliphatic hydroxyl groups excluding tert-OH is 1. The number of fused-ring (bicyclic) bond motifs is 1. The number of nitrogens with zero attached hydrogens (tertiary/aromatic N) is 4. The van der Waals surface area contributed by atoms with Crippen molar-refractivity contribution in [2.24, 2.45) is 0 Å². The van der Waals surface area contributed by atoms with Crippen molar-refractivity contribution in [2.75, 3.05) is 23.0 Å². The summed E-state index contributed by atoms with van der Waals surface area (Å²) in [7, 11) is -3.23. The fourth-order valence-corrected chi connectivity index (χ4v) is 5.73. The standard InChI is InChI=1S/C25H26N6O4S/c1-2-22-29-24(35-31-22)19-14-26-25(30-23(19)28-20(15-32)16-7-4-3-5-8-16)27-18-10-11-21-17(13-18)9-6-12-36(21,33)34/h3-5,7-8,10-11,13-14,20,32H,2,6,9,12,15H2,1H3,(H2,26,27,28,30)/t20-/m1/s1. The maximum Gasteiger partial charge on any atom is 0.263 e. The Bertz CT molecular complexity index is 1470. The molecule has 0 aliphatic carbocycles. The Morgan fingerprint density at radius 1 is 1.14 bits per heavy atom. The van der Waals surface area contributed by atoms with Gasteiger partial charge in [0.1, 0.15) is 11.4 Å². The summed E-state index contributed by atoms with van der Waals surface area (Å²) in [6.07, 6.45) is 3.49. The lowest BCUT2D eigenvalue weighted by atomic mass is 10.1. The highest BCUT2D eigenvalue weighted by Crippen LogP contribution is 2.31. The van der Waals surface area contributed by atoms with Crippen molar-refractivity contribution >= 4 is 27.3 Å². The van der Waals surface area contributed by atoms with E-state index in [-0.39, 0.29) is 18.3 Å². The van der Waals surface area contributed by atoms with Crippen molar-refractivity contribution < 1.29 is 18.0 Å². The van der Waals surface area contributed by atoms with Crippen LogP contribution in [0.15, 0.2) is 64.1 Å². The predicted molar refractivity (Wildman–Crippen MR) is 135 cm³/mol. The normalized spacial score (nSPS) is 15.2. The summed E-state index contributed by atoms with van der Waals surface area (Å²) >= 11 is 0. The van der Waals surface area contributed by atoms with Gasteiger partial charge < -0.3 is 20.3 Å². The number of aromatic nitrogens is 4. The summed E-state index contributed by atoms with van der Waals surface area (Å²) in [5, 5.41) is 20.5. The maximum absolute atomic E-state index is 12.3.